The van der Waals surface area contributed by atoms with Crippen LogP contribution < -0.4 is 0 Å². The molecule has 0 amide bonds. The molecule has 88 valence electrons. The van der Waals surface area contributed by atoms with E-state index in [9.17, 15) is 4.79 Å². The Labute approximate surface area is 92.1 Å². The summed E-state index contributed by atoms with van der Waals surface area (Å²) in [5, 5.41) is 0. The largest absolute Gasteiger partial charge is 0.350 e. The average molecular weight is 214 g/mol. The van der Waals surface area contributed by atoms with Gasteiger partial charge in [-0.15, -0.1) is 0 Å². The first-order chi connectivity index (χ1) is 6.94. The standard InChI is InChI=1S/C12H22O3/c1-5-11(13)9(2)8-10-6-7-14-12(3,4)15-10/h9-10H,5-8H2,1-4H3. The number of ketones is 1. The first-order valence-electron chi connectivity index (χ1n) is 5.79. The van der Waals surface area contributed by atoms with Gasteiger partial charge >= 0.3 is 0 Å². The van der Waals surface area contributed by atoms with E-state index in [1.54, 1.807) is 0 Å². The predicted molar refractivity (Wildman–Crippen MR) is 58.6 cm³/mol. The molecule has 0 aromatic heterocycles. The van der Waals surface area contributed by atoms with Crippen LogP contribution in [-0.4, -0.2) is 24.3 Å². The van der Waals surface area contributed by atoms with Crippen LogP contribution in [-0.2, 0) is 14.3 Å². The van der Waals surface area contributed by atoms with Gasteiger partial charge in [-0.3, -0.25) is 4.79 Å². The molecule has 1 fully saturated rings. The minimum Gasteiger partial charge on any atom is -0.350 e. The van der Waals surface area contributed by atoms with Gasteiger partial charge in [-0.2, -0.15) is 0 Å². The van der Waals surface area contributed by atoms with Gasteiger partial charge in [-0.1, -0.05) is 13.8 Å². The van der Waals surface area contributed by atoms with E-state index in [1.807, 2.05) is 27.7 Å². The zero-order valence-electron chi connectivity index (χ0n) is 10.2. The molecule has 1 saturated heterocycles. The Morgan fingerprint density at radius 3 is 2.73 bits per heavy atom. The van der Waals surface area contributed by atoms with Gasteiger partial charge in [0, 0.05) is 12.3 Å². The van der Waals surface area contributed by atoms with Crippen molar-refractivity contribution in [3.63, 3.8) is 0 Å². The van der Waals surface area contributed by atoms with Crippen LogP contribution in [0.1, 0.15) is 47.0 Å². The van der Waals surface area contributed by atoms with Gasteiger partial charge in [0.25, 0.3) is 0 Å². The Morgan fingerprint density at radius 2 is 2.20 bits per heavy atom. The minimum atomic E-state index is -0.488. The van der Waals surface area contributed by atoms with E-state index >= 15 is 0 Å². The molecular weight excluding hydrogens is 192 g/mol. The third kappa shape index (κ3) is 3.92. The van der Waals surface area contributed by atoms with Crippen molar-refractivity contribution >= 4 is 5.78 Å². The Balaban J connectivity index is 2.41. The van der Waals surface area contributed by atoms with Crippen molar-refractivity contribution in [3.05, 3.63) is 0 Å². The maximum Gasteiger partial charge on any atom is 0.163 e. The Morgan fingerprint density at radius 1 is 1.53 bits per heavy atom. The number of carbonyl (C=O) groups is 1. The van der Waals surface area contributed by atoms with Crippen LogP contribution >= 0.6 is 0 Å². The molecule has 0 aliphatic carbocycles. The van der Waals surface area contributed by atoms with Crippen LogP contribution in [0.5, 0.6) is 0 Å². The highest BCUT2D eigenvalue weighted by Gasteiger charge is 2.30. The number of carbonyl (C=O) groups excluding carboxylic acids is 1. The van der Waals surface area contributed by atoms with E-state index in [4.69, 9.17) is 9.47 Å². The molecule has 2 atom stereocenters. The van der Waals surface area contributed by atoms with Gasteiger partial charge in [0.1, 0.15) is 5.78 Å². The molecule has 0 spiro atoms. The van der Waals surface area contributed by atoms with Crippen LogP contribution in [0.2, 0.25) is 0 Å². The fourth-order valence-corrected chi connectivity index (χ4v) is 1.97. The molecule has 0 saturated carbocycles. The van der Waals surface area contributed by atoms with Gasteiger partial charge < -0.3 is 9.47 Å². The molecule has 2 unspecified atom stereocenters. The Kier molecular flexibility index (Phi) is 4.29. The van der Waals surface area contributed by atoms with Crippen LogP contribution in [0.4, 0.5) is 0 Å². The van der Waals surface area contributed by atoms with Crippen molar-refractivity contribution in [2.75, 3.05) is 6.61 Å². The molecule has 3 heteroatoms. The van der Waals surface area contributed by atoms with E-state index in [0.717, 1.165) is 19.4 Å². The summed E-state index contributed by atoms with van der Waals surface area (Å²) < 4.78 is 11.2. The average Bonchev–Trinajstić information content (AvgIpc) is 2.14. The summed E-state index contributed by atoms with van der Waals surface area (Å²) in [7, 11) is 0. The number of hydrogen-bond acceptors (Lipinski definition) is 3. The summed E-state index contributed by atoms with van der Waals surface area (Å²) in [6.45, 7) is 8.47. The molecule has 3 nitrogen and oxygen atoms in total. The maximum atomic E-state index is 11.5. The lowest BCUT2D eigenvalue weighted by molar-refractivity contribution is -0.275. The first-order valence-corrected chi connectivity index (χ1v) is 5.79. The van der Waals surface area contributed by atoms with Crippen molar-refractivity contribution in [2.24, 2.45) is 5.92 Å². The van der Waals surface area contributed by atoms with Crippen molar-refractivity contribution in [1.29, 1.82) is 0 Å². The van der Waals surface area contributed by atoms with E-state index < -0.39 is 5.79 Å². The maximum absolute atomic E-state index is 11.5. The second kappa shape index (κ2) is 5.08. The highest BCUT2D eigenvalue weighted by atomic mass is 16.7. The lowest BCUT2D eigenvalue weighted by atomic mass is 9.95. The van der Waals surface area contributed by atoms with Crippen LogP contribution in [0, 0.1) is 5.92 Å². The molecule has 0 N–H and O–H groups in total. The molecule has 1 heterocycles. The van der Waals surface area contributed by atoms with Crippen molar-refractivity contribution in [2.45, 2.75) is 58.8 Å². The lowest BCUT2D eigenvalue weighted by Gasteiger charge is -2.36. The highest BCUT2D eigenvalue weighted by Crippen LogP contribution is 2.26. The van der Waals surface area contributed by atoms with Gasteiger partial charge in [0.15, 0.2) is 5.79 Å². The second-order valence-corrected chi connectivity index (χ2v) is 4.73. The summed E-state index contributed by atoms with van der Waals surface area (Å²) in [5.74, 6) is -0.0606. The van der Waals surface area contributed by atoms with Gasteiger partial charge in [-0.05, 0) is 26.7 Å². The van der Waals surface area contributed by atoms with Gasteiger partial charge in [0.05, 0.1) is 12.7 Å². The quantitative estimate of drug-likeness (QED) is 0.721. The minimum absolute atomic E-state index is 0.105. The predicted octanol–water partition coefficient (Wildman–Crippen LogP) is 2.53. The van der Waals surface area contributed by atoms with E-state index in [1.165, 1.54) is 0 Å². The molecule has 0 radical (unpaired) electrons. The highest BCUT2D eigenvalue weighted by molar-refractivity contribution is 5.80. The zero-order valence-corrected chi connectivity index (χ0v) is 10.2. The molecule has 0 aromatic carbocycles. The normalized spacial score (nSPS) is 27.3. The summed E-state index contributed by atoms with van der Waals surface area (Å²) in [4.78, 5) is 11.5. The van der Waals surface area contributed by atoms with E-state index in [-0.39, 0.29) is 12.0 Å². The number of Topliss-reactive ketones (excluding diaryl/α,β-unsaturated/α-hetero) is 1. The number of rotatable bonds is 4. The van der Waals surface area contributed by atoms with Crippen LogP contribution in [0.3, 0.4) is 0 Å². The molecule has 1 aliphatic heterocycles. The fourth-order valence-electron chi connectivity index (χ4n) is 1.97. The SMILES string of the molecule is CCC(=O)C(C)CC1CCOC(C)(C)O1. The molecule has 15 heavy (non-hydrogen) atoms. The topological polar surface area (TPSA) is 35.5 Å². The summed E-state index contributed by atoms with van der Waals surface area (Å²) >= 11 is 0. The third-order valence-corrected chi connectivity index (χ3v) is 2.85. The molecule has 0 aromatic rings. The van der Waals surface area contributed by atoms with Gasteiger partial charge in [0.2, 0.25) is 0 Å². The van der Waals surface area contributed by atoms with E-state index in [2.05, 4.69) is 0 Å². The third-order valence-electron chi connectivity index (χ3n) is 2.85. The Bertz CT molecular complexity index is 223. The fraction of sp³-hybridized carbons (Fsp3) is 0.917. The summed E-state index contributed by atoms with van der Waals surface area (Å²) in [6, 6.07) is 0. The summed E-state index contributed by atoms with van der Waals surface area (Å²) in [6.07, 6.45) is 2.50. The summed E-state index contributed by atoms with van der Waals surface area (Å²) in [5.41, 5.74) is 0. The smallest absolute Gasteiger partial charge is 0.163 e. The number of ether oxygens (including phenoxy) is 2. The first kappa shape index (κ1) is 12.7. The zero-order chi connectivity index (χ0) is 11.5. The molecule has 1 rings (SSSR count). The second-order valence-electron chi connectivity index (χ2n) is 4.73. The van der Waals surface area contributed by atoms with Crippen molar-refractivity contribution in [1.82, 2.24) is 0 Å². The molecular formula is C12H22O3. The number of hydrogen-bond donors (Lipinski definition) is 0. The monoisotopic (exact) mass is 214 g/mol. The van der Waals surface area contributed by atoms with Crippen LogP contribution in [0.25, 0.3) is 0 Å². The van der Waals surface area contributed by atoms with Crippen molar-refractivity contribution < 1.29 is 14.3 Å². The van der Waals surface area contributed by atoms with Gasteiger partial charge in [-0.25, -0.2) is 0 Å². The van der Waals surface area contributed by atoms with Crippen LogP contribution in [0.15, 0.2) is 0 Å². The van der Waals surface area contributed by atoms with Crippen molar-refractivity contribution in [3.8, 4) is 0 Å². The Hall–Kier alpha value is -0.410. The van der Waals surface area contributed by atoms with E-state index in [0.29, 0.717) is 12.2 Å². The molecule has 0 bridgehead atoms. The molecule has 1 aliphatic rings. The lowest BCUT2D eigenvalue weighted by Crippen LogP contribution is -2.40.